The molecule has 0 saturated heterocycles. The standard InChI is InChI=1S/C16H20N2O/c1-4-13(10-19)16-17-8-7-15(18-16)14-6-5-11(2)12(3)9-14/h5-9,13,19H,4,10H2,1-3H3. The topological polar surface area (TPSA) is 46.0 Å². The predicted octanol–water partition coefficient (Wildman–Crippen LogP) is 3.25. The van der Waals surface area contributed by atoms with Crippen molar-refractivity contribution in [3.05, 3.63) is 47.4 Å². The van der Waals surface area contributed by atoms with Crippen molar-refractivity contribution < 1.29 is 5.11 Å². The van der Waals surface area contributed by atoms with Crippen molar-refractivity contribution in [2.24, 2.45) is 0 Å². The lowest BCUT2D eigenvalue weighted by Crippen LogP contribution is -2.08. The van der Waals surface area contributed by atoms with Gasteiger partial charge < -0.3 is 5.11 Å². The summed E-state index contributed by atoms with van der Waals surface area (Å²) < 4.78 is 0. The molecule has 0 spiro atoms. The molecule has 0 amide bonds. The van der Waals surface area contributed by atoms with E-state index in [4.69, 9.17) is 0 Å². The Morgan fingerprint density at radius 2 is 1.95 bits per heavy atom. The first-order valence-corrected chi connectivity index (χ1v) is 6.67. The third kappa shape index (κ3) is 2.99. The average Bonchev–Trinajstić information content (AvgIpc) is 2.44. The number of benzene rings is 1. The van der Waals surface area contributed by atoms with Crippen LogP contribution in [0.3, 0.4) is 0 Å². The molecular weight excluding hydrogens is 236 g/mol. The van der Waals surface area contributed by atoms with Crippen molar-refractivity contribution in [1.29, 1.82) is 0 Å². The van der Waals surface area contributed by atoms with E-state index >= 15 is 0 Å². The van der Waals surface area contributed by atoms with Gasteiger partial charge in [0.1, 0.15) is 5.82 Å². The molecule has 1 heterocycles. The third-order valence-corrected chi connectivity index (χ3v) is 3.56. The molecule has 0 bridgehead atoms. The first-order chi connectivity index (χ1) is 9.15. The molecule has 1 aromatic heterocycles. The lowest BCUT2D eigenvalue weighted by Gasteiger charge is -2.11. The van der Waals surface area contributed by atoms with Gasteiger partial charge in [0.25, 0.3) is 0 Å². The van der Waals surface area contributed by atoms with Gasteiger partial charge in [0, 0.05) is 17.7 Å². The van der Waals surface area contributed by atoms with Crippen molar-refractivity contribution in [1.82, 2.24) is 9.97 Å². The van der Waals surface area contributed by atoms with Crippen LogP contribution in [0.4, 0.5) is 0 Å². The highest BCUT2D eigenvalue weighted by molar-refractivity contribution is 5.60. The number of aryl methyl sites for hydroxylation is 2. The van der Waals surface area contributed by atoms with Crippen molar-refractivity contribution >= 4 is 0 Å². The van der Waals surface area contributed by atoms with Gasteiger partial charge in [-0.15, -0.1) is 0 Å². The number of aliphatic hydroxyl groups excluding tert-OH is 1. The summed E-state index contributed by atoms with van der Waals surface area (Å²) in [4.78, 5) is 8.86. The number of hydrogen-bond acceptors (Lipinski definition) is 3. The largest absolute Gasteiger partial charge is 0.396 e. The maximum atomic E-state index is 9.34. The van der Waals surface area contributed by atoms with Gasteiger partial charge in [0.2, 0.25) is 0 Å². The number of aromatic nitrogens is 2. The zero-order chi connectivity index (χ0) is 13.8. The minimum absolute atomic E-state index is 0.0199. The Bertz CT molecular complexity index is 562. The first kappa shape index (κ1) is 13.7. The molecular formula is C16H20N2O. The molecule has 0 radical (unpaired) electrons. The second kappa shape index (κ2) is 5.93. The van der Waals surface area contributed by atoms with Gasteiger partial charge in [-0.3, -0.25) is 0 Å². The highest BCUT2D eigenvalue weighted by atomic mass is 16.3. The molecule has 3 nitrogen and oxygen atoms in total. The first-order valence-electron chi connectivity index (χ1n) is 6.67. The molecule has 0 aliphatic carbocycles. The smallest absolute Gasteiger partial charge is 0.134 e. The van der Waals surface area contributed by atoms with Crippen LogP contribution in [0, 0.1) is 13.8 Å². The Morgan fingerprint density at radius 3 is 2.58 bits per heavy atom. The van der Waals surface area contributed by atoms with E-state index < -0.39 is 0 Å². The summed E-state index contributed by atoms with van der Waals surface area (Å²) in [5, 5.41) is 9.34. The predicted molar refractivity (Wildman–Crippen MR) is 77.1 cm³/mol. The molecule has 0 saturated carbocycles. The third-order valence-electron chi connectivity index (χ3n) is 3.56. The van der Waals surface area contributed by atoms with Crippen LogP contribution in [0.2, 0.25) is 0 Å². The second-order valence-corrected chi connectivity index (χ2v) is 4.89. The van der Waals surface area contributed by atoms with E-state index in [9.17, 15) is 5.11 Å². The fraction of sp³-hybridized carbons (Fsp3) is 0.375. The van der Waals surface area contributed by atoms with Gasteiger partial charge in [-0.05, 0) is 43.5 Å². The van der Waals surface area contributed by atoms with E-state index in [0.717, 1.165) is 23.5 Å². The van der Waals surface area contributed by atoms with E-state index in [2.05, 4.69) is 42.0 Å². The van der Waals surface area contributed by atoms with Gasteiger partial charge in [-0.25, -0.2) is 9.97 Å². The Balaban J connectivity index is 2.40. The molecule has 1 unspecified atom stereocenters. The van der Waals surface area contributed by atoms with E-state index in [1.807, 2.05) is 13.0 Å². The highest BCUT2D eigenvalue weighted by Gasteiger charge is 2.12. The molecule has 1 atom stereocenters. The number of rotatable bonds is 4. The number of aliphatic hydroxyl groups is 1. The van der Waals surface area contributed by atoms with Gasteiger partial charge in [-0.1, -0.05) is 19.1 Å². The lowest BCUT2D eigenvalue weighted by atomic mass is 10.0. The molecule has 3 heteroatoms. The lowest BCUT2D eigenvalue weighted by molar-refractivity contribution is 0.257. The van der Waals surface area contributed by atoms with Crippen LogP contribution in [0.1, 0.15) is 36.2 Å². The number of nitrogens with zero attached hydrogens (tertiary/aromatic N) is 2. The molecule has 0 aliphatic rings. The van der Waals surface area contributed by atoms with Crippen LogP contribution >= 0.6 is 0 Å². The molecule has 1 aromatic carbocycles. The van der Waals surface area contributed by atoms with Crippen molar-refractivity contribution in [3.8, 4) is 11.3 Å². The van der Waals surface area contributed by atoms with Gasteiger partial charge in [0.05, 0.1) is 12.3 Å². The molecule has 0 fully saturated rings. The van der Waals surface area contributed by atoms with Crippen LogP contribution in [0.25, 0.3) is 11.3 Å². The van der Waals surface area contributed by atoms with Crippen LogP contribution in [0.15, 0.2) is 30.5 Å². The monoisotopic (exact) mass is 256 g/mol. The summed E-state index contributed by atoms with van der Waals surface area (Å²) in [6, 6.07) is 8.24. The van der Waals surface area contributed by atoms with E-state index in [1.165, 1.54) is 11.1 Å². The minimum atomic E-state index is 0.0199. The van der Waals surface area contributed by atoms with E-state index in [-0.39, 0.29) is 12.5 Å². The maximum absolute atomic E-state index is 9.34. The minimum Gasteiger partial charge on any atom is -0.396 e. The van der Waals surface area contributed by atoms with Crippen LogP contribution in [0.5, 0.6) is 0 Å². The summed E-state index contributed by atoms with van der Waals surface area (Å²) in [7, 11) is 0. The average molecular weight is 256 g/mol. The maximum Gasteiger partial charge on any atom is 0.134 e. The Labute approximate surface area is 114 Å². The zero-order valence-electron chi connectivity index (χ0n) is 11.7. The van der Waals surface area contributed by atoms with E-state index in [0.29, 0.717) is 0 Å². The molecule has 100 valence electrons. The van der Waals surface area contributed by atoms with Crippen LogP contribution < -0.4 is 0 Å². The van der Waals surface area contributed by atoms with Crippen molar-refractivity contribution in [2.75, 3.05) is 6.61 Å². The quantitative estimate of drug-likeness (QED) is 0.913. The fourth-order valence-corrected chi connectivity index (χ4v) is 2.03. The highest BCUT2D eigenvalue weighted by Crippen LogP contribution is 2.22. The van der Waals surface area contributed by atoms with Gasteiger partial charge >= 0.3 is 0 Å². The van der Waals surface area contributed by atoms with Crippen molar-refractivity contribution in [2.45, 2.75) is 33.1 Å². The Morgan fingerprint density at radius 1 is 1.16 bits per heavy atom. The summed E-state index contributed by atoms with van der Waals surface area (Å²) >= 11 is 0. The van der Waals surface area contributed by atoms with E-state index in [1.54, 1.807) is 6.20 Å². The second-order valence-electron chi connectivity index (χ2n) is 4.89. The number of hydrogen-bond donors (Lipinski definition) is 1. The molecule has 2 rings (SSSR count). The molecule has 0 aliphatic heterocycles. The fourth-order valence-electron chi connectivity index (χ4n) is 2.03. The normalized spacial score (nSPS) is 12.4. The Kier molecular flexibility index (Phi) is 4.27. The summed E-state index contributed by atoms with van der Waals surface area (Å²) in [6.07, 6.45) is 2.61. The summed E-state index contributed by atoms with van der Waals surface area (Å²) in [5.74, 6) is 0.743. The zero-order valence-corrected chi connectivity index (χ0v) is 11.7. The SMILES string of the molecule is CCC(CO)c1nccc(-c2ccc(C)c(C)c2)n1. The molecule has 1 N–H and O–H groups in total. The van der Waals surface area contributed by atoms with Crippen molar-refractivity contribution in [3.63, 3.8) is 0 Å². The Hall–Kier alpha value is -1.74. The van der Waals surface area contributed by atoms with Crippen LogP contribution in [-0.2, 0) is 0 Å². The van der Waals surface area contributed by atoms with Crippen LogP contribution in [-0.4, -0.2) is 21.7 Å². The molecule has 2 aromatic rings. The van der Waals surface area contributed by atoms with Gasteiger partial charge in [-0.2, -0.15) is 0 Å². The molecule has 19 heavy (non-hydrogen) atoms. The summed E-state index contributed by atoms with van der Waals surface area (Å²) in [5.41, 5.74) is 4.55. The van der Waals surface area contributed by atoms with Gasteiger partial charge in [0.15, 0.2) is 0 Å². The summed E-state index contributed by atoms with van der Waals surface area (Å²) in [6.45, 7) is 6.33.